The van der Waals surface area contributed by atoms with E-state index in [9.17, 15) is 5.11 Å². The summed E-state index contributed by atoms with van der Waals surface area (Å²) in [6.45, 7) is 14.3. The van der Waals surface area contributed by atoms with Gasteiger partial charge in [-0.05, 0) is 38.4 Å². The molecule has 0 aromatic carbocycles. The second-order valence-corrected chi connectivity index (χ2v) is 6.37. The Balaban J connectivity index is 1.63. The van der Waals surface area contributed by atoms with Gasteiger partial charge in [0.15, 0.2) is 0 Å². The first kappa shape index (κ1) is 15.2. The molecule has 2 heterocycles. The second-order valence-electron chi connectivity index (χ2n) is 6.37. The van der Waals surface area contributed by atoms with Crippen molar-refractivity contribution >= 4 is 0 Å². The number of β-amino-alcohol motifs (C(OH)–C–C–N with tert-alkyl or cyclic N) is 1. The molecule has 2 rings (SSSR count). The average Bonchev–Trinajstić information content (AvgIpc) is 2.42. The van der Waals surface area contributed by atoms with E-state index in [0.717, 1.165) is 51.7 Å². The van der Waals surface area contributed by atoms with Gasteiger partial charge in [-0.25, -0.2) is 0 Å². The third-order valence-electron chi connectivity index (χ3n) is 4.73. The third-order valence-corrected chi connectivity index (χ3v) is 4.73. The molecule has 2 fully saturated rings. The molecule has 1 N–H and O–H groups in total. The molecule has 0 aromatic rings. The summed E-state index contributed by atoms with van der Waals surface area (Å²) >= 11 is 0. The van der Waals surface area contributed by atoms with E-state index in [0.29, 0.717) is 0 Å². The Kier molecular flexibility index (Phi) is 6.07. The Hall–Kier alpha value is -0.160. The van der Waals surface area contributed by atoms with E-state index in [4.69, 9.17) is 0 Å². The average molecular weight is 269 g/mol. The van der Waals surface area contributed by atoms with Crippen LogP contribution in [0, 0.1) is 5.92 Å². The zero-order chi connectivity index (χ0) is 13.7. The molecule has 112 valence electrons. The van der Waals surface area contributed by atoms with E-state index in [2.05, 4.69) is 28.5 Å². The summed E-state index contributed by atoms with van der Waals surface area (Å²) in [6, 6.07) is 0. The molecule has 2 saturated heterocycles. The minimum Gasteiger partial charge on any atom is -0.390 e. The summed E-state index contributed by atoms with van der Waals surface area (Å²) in [7, 11) is 0. The van der Waals surface area contributed by atoms with Gasteiger partial charge in [0.25, 0.3) is 0 Å². The van der Waals surface area contributed by atoms with Crippen molar-refractivity contribution in [3.8, 4) is 0 Å². The second kappa shape index (κ2) is 7.58. The Morgan fingerprint density at radius 3 is 1.89 bits per heavy atom. The van der Waals surface area contributed by atoms with E-state index in [-0.39, 0.29) is 6.10 Å². The van der Waals surface area contributed by atoms with Gasteiger partial charge in [0.2, 0.25) is 0 Å². The standard InChI is InChI=1S/C15H31N3O/c1-3-16-8-10-18(11-9-16)13-15(19)12-17-6-4-14(2)5-7-17/h14-15,19H,3-13H2,1-2H3. The fraction of sp³-hybridized carbons (Fsp3) is 1.00. The molecule has 1 atom stereocenters. The fourth-order valence-corrected chi connectivity index (χ4v) is 3.19. The van der Waals surface area contributed by atoms with Crippen LogP contribution < -0.4 is 0 Å². The number of piperazine rings is 1. The molecule has 2 aliphatic rings. The van der Waals surface area contributed by atoms with Crippen LogP contribution in [-0.2, 0) is 0 Å². The molecule has 0 bridgehead atoms. The number of hydrogen-bond donors (Lipinski definition) is 1. The SMILES string of the molecule is CCN1CCN(CC(O)CN2CCC(C)CC2)CC1. The Bertz CT molecular complexity index is 246. The number of rotatable bonds is 5. The van der Waals surface area contributed by atoms with Gasteiger partial charge >= 0.3 is 0 Å². The number of nitrogens with zero attached hydrogens (tertiary/aromatic N) is 3. The Morgan fingerprint density at radius 1 is 0.895 bits per heavy atom. The summed E-state index contributed by atoms with van der Waals surface area (Å²) in [5, 5.41) is 10.2. The molecule has 1 unspecified atom stereocenters. The molecule has 0 radical (unpaired) electrons. The van der Waals surface area contributed by atoms with E-state index < -0.39 is 0 Å². The lowest BCUT2D eigenvalue weighted by Gasteiger charge is -2.36. The van der Waals surface area contributed by atoms with E-state index in [1.807, 2.05) is 0 Å². The number of hydrogen-bond acceptors (Lipinski definition) is 4. The van der Waals surface area contributed by atoms with E-state index in [1.165, 1.54) is 25.9 Å². The monoisotopic (exact) mass is 269 g/mol. The van der Waals surface area contributed by atoms with Crippen LogP contribution in [0.15, 0.2) is 0 Å². The molecule has 4 heteroatoms. The summed E-state index contributed by atoms with van der Waals surface area (Å²) in [5.74, 6) is 0.871. The zero-order valence-corrected chi connectivity index (χ0v) is 12.7. The van der Waals surface area contributed by atoms with Gasteiger partial charge in [0.05, 0.1) is 6.10 Å². The maximum absolute atomic E-state index is 10.2. The highest BCUT2D eigenvalue weighted by Crippen LogP contribution is 2.16. The minimum atomic E-state index is -0.179. The number of aliphatic hydroxyl groups excluding tert-OH is 1. The van der Waals surface area contributed by atoms with Gasteiger partial charge in [-0.3, -0.25) is 4.90 Å². The normalized spacial score (nSPS) is 26.7. The van der Waals surface area contributed by atoms with Crippen molar-refractivity contribution in [2.45, 2.75) is 32.8 Å². The van der Waals surface area contributed by atoms with Crippen LogP contribution in [0.4, 0.5) is 0 Å². The van der Waals surface area contributed by atoms with Crippen molar-refractivity contribution in [3.05, 3.63) is 0 Å². The predicted octanol–water partition coefficient (Wildman–Crippen LogP) is 0.717. The quantitative estimate of drug-likeness (QED) is 0.796. The number of aliphatic hydroxyl groups is 1. The van der Waals surface area contributed by atoms with E-state index in [1.54, 1.807) is 0 Å². The largest absolute Gasteiger partial charge is 0.390 e. The van der Waals surface area contributed by atoms with Crippen LogP contribution in [-0.4, -0.2) is 84.8 Å². The summed E-state index contributed by atoms with van der Waals surface area (Å²) in [5.41, 5.74) is 0. The topological polar surface area (TPSA) is 30.0 Å². The van der Waals surface area contributed by atoms with Gasteiger partial charge in [-0.15, -0.1) is 0 Å². The summed E-state index contributed by atoms with van der Waals surface area (Å²) in [4.78, 5) is 7.34. The number of likely N-dealkylation sites (tertiary alicyclic amines) is 1. The van der Waals surface area contributed by atoms with Crippen molar-refractivity contribution < 1.29 is 5.11 Å². The highest BCUT2D eigenvalue weighted by atomic mass is 16.3. The Labute approximate surface area is 118 Å². The summed E-state index contributed by atoms with van der Waals surface area (Å²) < 4.78 is 0. The van der Waals surface area contributed by atoms with Gasteiger partial charge in [-0.2, -0.15) is 0 Å². The Morgan fingerprint density at radius 2 is 1.37 bits per heavy atom. The maximum atomic E-state index is 10.2. The lowest BCUT2D eigenvalue weighted by atomic mass is 9.99. The fourth-order valence-electron chi connectivity index (χ4n) is 3.19. The van der Waals surface area contributed by atoms with Crippen LogP contribution in [0.1, 0.15) is 26.7 Å². The van der Waals surface area contributed by atoms with Crippen LogP contribution >= 0.6 is 0 Å². The first-order valence-electron chi connectivity index (χ1n) is 8.02. The van der Waals surface area contributed by atoms with Crippen molar-refractivity contribution in [1.82, 2.24) is 14.7 Å². The van der Waals surface area contributed by atoms with Crippen molar-refractivity contribution in [2.75, 3.05) is 58.9 Å². The minimum absolute atomic E-state index is 0.179. The van der Waals surface area contributed by atoms with Crippen molar-refractivity contribution in [1.29, 1.82) is 0 Å². The number of likely N-dealkylation sites (N-methyl/N-ethyl adjacent to an activating group) is 1. The van der Waals surface area contributed by atoms with E-state index >= 15 is 0 Å². The van der Waals surface area contributed by atoms with Crippen molar-refractivity contribution in [2.24, 2.45) is 5.92 Å². The van der Waals surface area contributed by atoms with Gasteiger partial charge < -0.3 is 14.9 Å². The predicted molar refractivity (Wildman–Crippen MR) is 79.4 cm³/mol. The lowest BCUT2D eigenvalue weighted by molar-refractivity contribution is 0.0437. The molecule has 0 saturated carbocycles. The molecule has 2 aliphatic heterocycles. The van der Waals surface area contributed by atoms with Crippen LogP contribution in [0.3, 0.4) is 0 Å². The van der Waals surface area contributed by atoms with Crippen LogP contribution in [0.5, 0.6) is 0 Å². The molecule has 0 aromatic heterocycles. The van der Waals surface area contributed by atoms with Gasteiger partial charge in [0.1, 0.15) is 0 Å². The first-order valence-corrected chi connectivity index (χ1v) is 8.02. The molecular weight excluding hydrogens is 238 g/mol. The van der Waals surface area contributed by atoms with Crippen molar-refractivity contribution in [3.63, 3.8) is 0 Å². The van der Waals surface area contributed by atoms with Gasteiger partial charge in [-0.1, -0.05) is 13.8 Å². The zero-order valence-electron chi connectivity index (χ0n) is 12.7. The molecule has 0 spiro atoms. The first-order chi connectivity index (χ1) is 9.17. The van der Waals surface area contributed by atoms with Crippen LogP contribution in [0.2, 0.25) is 0 Å². The third kappa shape index (κ3) is 5.03. The molecule has 0 aliphatic carbocycles. The highest BCUT2D eigenvalue weighted by Gasteiger charge is 2.21. The molecule has 0 amide bonds. The smallest absolute Gasteiger partial charge is 0.0793 e. The summed E-state index contributed by atoms with van der Waals surface area (Å²) in [6.07, 6.45) is 2.41. The maximum Gasteiger partial charge on any atom is 0.0793 e. The molecule has 19 heavy (non-hydrogen) atoms. The van der Waals surface area contributed by atoms with Gasteiger partial charge in [0, 0.05) is 39.3 Å². The highest BCUT2D eigenvalue weighted by molar-refractivity contribution is 4.77. The molecule has 4 nitrogen and oxygen atoms in total. The molecular formula is C15H31N3O. The number of piperidine rings is 1. The van der Waals surface area contributed by atoms with Crippen LogP contribution in [0.25, 0.3) is 0 Å². The lowest BCUT2D eigenvalue weighted by Crippen LogP contribution is -2.50.